The summed E-state index contributed by atoms with van der Waals surface area (Å²) in [6.07, 6.45) is 4.83. The van der Waals surface area contributed by atoms with Gasteiger partial charge in [0.1, 0.15) is 5.60 Å². The van der Waals surface area contributed by atoms with E-state index in [1.165, 1.54) is 6.08 Å². The smallest absolute Gasteiger partial charge is 0.135 e. The summed E-state index contributed by atoms with van der Waals surface area (Å²) in [5.41, 5.74) is 0.221. The molecular weight excluding hydrogens is 278 g/mol. The maximum Gasteiger partial charge on any atom is 0.135 e. The van der Waals surface area contributed by atoms with Gasteiger partial charge in [0.05, 0.1) is 0 Å². The van der Waals surface area contributed by atoms with Crippen LogP contribution < -0.4 is 0 Å². The highest BCUT2D eigenvalue weighted by Gasteiger charge is 2.29. The fourth-order valence-electron chi connectivity index (χ4n) is 1.74. The molecule has 0 aliphatic carbocycles. The lowest BCUT2D eigenvalue weighted by molar-refractivity contribution is 0.134. The van der Waals surface area contributed by atoms with Gasteiger partial charge in [-0.05, 0) is 12.1 Å². The van der Waals surface area contributed by atoms with E-state index in [2.05, 4.69) is 27.5 Å². The number of pyridine rings is 1. The summed E-state index contributed by atoms with van der Waals surface area (Å²) in [5.74, 6) is 0. The fraction of sp³-hybridized carbons (Fsp3) is 0.0714. The second-order valence-corrected chi connectivity index (χ2v) is 4.55. The minimum Gasteiger partial charge on any atom is -0.377 e. The predicted molar refractivity (Wildman–Crippen MR) is 71.6 cm³/mol. The number of hydrogen-bond acceptors (Lipinski definition) is 2. The third-order valence-corrected chi connectivity index (χ3v) is 3.37. The van der Waals surface area contributed by atoms with E-state index in [-0.39, 0.29) is 0 Å². The molecule has 0 aliphatic heterocycles. The predicted octanol–water partition coefficient (Wildman–Crippen LogP) is 3.27. The Kier molecular flexibility index (Phi) is 3.41. The van der Waals surface area contributed by atoms with E-state index in [0.717, 1.165) is 10.0 Å². The second-order valence-electron chi connectivity index (χ2n) is 3.69. The van der Waals surface area contributed by atoms with Crippen molar-refractivity contribution in [1.29, 1.82) is 0 Å². The van der Waals surface area contributed by atoms with E-state index in [4.69, 9.17) is 0 Å². The first kappa shape index (κ1) is 12.0. The maximum absolute atomic E-state index is 10.8. The van der Waals surface area contributed by atoms with E-state index in [0.29, 0.717) is 5.56 Å². The zero-order chi connectivity index (χ0) is 12.3. The van der Waals surface area contributed by atoms with E-state index in [1.807, 2.05) is 30.3 Å². The number of hydrogen-bond donors (Lipinski definition) is 1. The van der Waals surface area contributed by atoms with Crippen LogP contribution in [0.2, 0.25) is 0 Å². The van der Waals surface area contributed by atoms with Gasteiger partial charge in [-0.25, -0.2) is 0 Å². The molecule has 1 atom stereocenters. The molecule has 3 heteroatoms. The molecule has 0 radical (unpaired) electrons. The second kappa shape index (κ2) is 4.82. The van der Waals surface area contributed by atoms with Crippen LogP contribution in [0.3, 0.4) is 0 Å². The van der Waals surface area contributed by atoms with Gasteiger partial charge in [0.15, 0.2) is 0 Å². The van der Waals surface area contributed by atoms with Crippen molar-refractivity contribution in [3.8, 4) is 0 Å². The zero-order valence-corrected chi connectivity index (χ0v) is 10.8. The summed E-state index contributed by atoms with van der Waals surface area (Å²) in [4.78, 5) is 4.03. The average Bonchev–Trinajstić information content (AvgIpc) is 2.39. The monoisotopic (exact) mass is 289 g/mol. The molecule has 0 amide bonds. The summed E-state index contributed by atoms with van der Waals surface area (Å²) in [6, 6.07) is 11.2. The lowest BCUT2D eigenvalue weighted by Crippen LogP contribution is -2.24. The van der Waals surface area contributed by atoms with Crippen LogP contribution in [0.4, 0.5) is 0 Å². The molecule has 1 N–H and O–H groups in total. The summed E-state index contributed by atoms with van der Waals surface area (Å²) in [5, 5.41) is 10.8. The molecule has 0 spiro atoms. The van der Waals surface area contributed by atoms with Crippen LogP contribution in [0.1, 0.15) is 11.1 Å². The molecular formula is C14H12BrNO. The lowest BCUT2D eigenvalue weighted by Gasteiger charge is -2.26. The third kappa shape index (κ3) is 2.16. The summed E-state index contributed by atoms with van der Waals surface area (Å²) >= 11 is 3.44. The molecule has 0 fully saturated rings. The zero-order valence-electron chi connectivity index (χ0n) is 9.18. The molecule has 0 bridgehead atoms. The standard InChI is InChI=1S/C14H12BrNO/c1-2-14(17,11-6-5-9-16-10-11)12-7-3-4-8-13(12)15/h2-10,17H,1H2. The van der Waals surface area contributed by atoms with Gasteiger partial charge in [-0.1, -0.05) is 52.9 Å². The van der Waals surface area contributed by atoms with Crippen molar-refractivity contribution < 1.29 is 5.11 Å². The van der Waals surface area contributed by atoms with Crippen molar-refractivity contribution in [2.45, 2.75) is 5.60 Å². The summed E-state index contributed by atoms with van der Waals surface area (Å²) < 4.78 is 0.839. The Morgan fingerprint density at radius 3 is 2.59 bits per heavy atom. The van der Waals surface area contributed by atoms with Crippen LogP contribution >= 0.6 is 15.9 Å². The van der Waals surface area contributed by atoms with E-state index < -0.39 is 5.60 Å². The summed E-state index contributed by atoms with van der Waals surface area (Å²) in [7, 11) is 0. The Morgan fingerprint density at radius 1 is 1.24 bits per heavy atom. The Bertz CT molecular complexity index is 527. The molecule has 2 nitrogen and oxygen atoms in total. The topological polar surface area (TPSA) is 33.1 Å². The van der Waals surface area contributed by atoms with Gasteiger partial charge in [-0.3, -0.25) is 4.98 Å². The van der Waals surface area contributed by atoms with Crippen LogP contribution in [0, 0.1) is 0 Å². The number of halogens is 1. The molecule has 2 rings (SSSR count). The van der Waals surface area contributed by atoms with Crippen LogP contribution in [-0.2, 0) is 5.60 Å². The SMILES string of the molecule is C=CC(O)(c1cccnc1)c1ccccc1Br. The fourth-order valence-corrected chi connectivity index (χ4v) is 2.33. The van der Waals surface area contributed by atoms with Gasteiger partial charge < -0.3 is 5.11 Å². The average molecular weight is 290 g/mol. The number of aliphatic hydroxyl groups is 1. The minimum absolute atomic E-state index is 0.696. The van der Waals surface area contributed by atoms with Gasteiger partial charge in [-0.15, -0.1) is 0 Å². The highest BCUT2D eigenvalue weighted by atomic mass is 79.9. The van der Waals surface area contributed by atoms with Crippen molar-refractivity contribution in [3.05, 3.63) is 77.0 Å². The summed E-state index contributed by atoms with van der Waals surface area (Å²) in [6.45, 7) is 3.73. The number of aromatic nitrogens is 1. The van der Waals surface area contributed by atoms with Crippen LogP contribution in [0.5, 0.6) is 0 Å². The number of rotatable bonds is 3. The van der Waals surface area contributed by atoms with Crippen molar-refractivity contribution in [2.24, 2.45) is 0 Å². The van der Waals surface area contributed by atoms with Crippen LogP contribution in [0.25, 0.3) is 0 Å². The van der Waals surface area contributed by atoms with Crippen LogP contribution in [-0.4, -0.2) is 10.1 Å². The highest BCUT2D eigenvalue weighted by Crippen LogP contribution is 2.34. The highest BCUT2D eigenvalue weighted by molar-refractivity contribution is 9.10. The molecule has 1 heterocycles. The lowest BCUT2D eigenvalue weighted by atomic mass is 9.87. The first-order valence-electron chi connectivity index (χ1n) is 5.20. The van der Waals surface area contributed by atoms with E-state index in [1.54, 1.807) is 18.5 Å². The van der Waals surface area contributed by atoms with Gasteiger partial charge in [0.2, 0.25) is 0 Å². The van der Waals surface area contributed by atoms with Crippen molar-refractivity contribution in [1.82, 2.24) is 4.98 Å². The van der Waals surface area contributed by atoms with Gasteiger partial charge in [0.25, 0.3) is 0 Å². The Morgan fingerprint density at radius 2 is 2.00 bits per heavy atom. The van der Waals surface area contributed by atoms with Crippen molar-refractivity contribution >= 4 is 15.9 Å². The first-order valence-corrected chi connectivity index (χ1v) is 5.99. The third-order valence-electron chi connectivity index (χ3n) is 2.68. The first-order chi connectivity index (χ1) is 8.18. The normalized spacial score (nSPS) is 14.0. The molecule has 86 valence electrons. The van der Waals surface area contributed by atoms with Crippen LogP contribution in [0.15, 0.2) is 65.9 Å². The Labute approximate surface area is 109 Å². The number of benzene rings is 1. The molecule has 0 aliphatic rings. The van der Waals surface area contributed by atoms with Gasteiger partial charge >= 0.3 is 0 Å². The van der Waals surface area contributed by atoms with Crippen molar-refractivity contribution in [2.75, 3.05) is 0 Å². The molecule has 1 unspecified atom stereocenters. The van der Waals surface area contributed by atoms with E-state index >= 15 is 0 Å². The molecule has 2 aromatic rings. The van der Waals surface area contributed by atoms with E-state index in [9.17, 15) is 5.11 Å². The van der Waals surface area contributed by atoms with Gasteiger partial charge in [0, 0.05) is 28.0 Å². The molecule has 17 heavy (non-hydrogen) atoms. The van der Waals surface area contributed by atoms with Gasteiger partial charge in [-0.2, -0.15) is 0 Å². The molecule has 1 aromatic carbocycles. The largest absolute Gasteiger partial charge is 0.377 e. The van der Waals surface area contributed by atoms with Crippen molar-refractivity contribution in [3.63, 3.8) is 0 Å². The minimum atomic E-state index is -1.23. The quantitative estimate of drug-likeness (QED) is 0.880. The number of nitrogens with zero attached hydrogens (tertiary/aromatic N) is 1. The Hall–Kier alpha value is -1.45. The molecule has 0 saturated carbocycles. The maximum atomic E-state index is 10.8. The Balaban J connectivity index is 2.60. The molecule has 1 aromatic heterocycles. The molecule has 0 saturated heterocycles.